The van der Waals surface area contributed by atoms with Crippen LogP contribution in [0.5, 0.6) is 0 Å². The van der Waals surface area contributed by atoms with Crippen molar-refractivity contribution in [2.75, 3.05) is 17.2 Å². The van der Waals surface area contributed by atoms with Gasteiger partial charge in [0.05, 0.1) is 5.69 Å². The molecule has 1 aromatic carbocycles. The number of carbonyl (C=O) groups excluding carboxylic acids is 1. The van der Waals surface area contributed by atoms with Crippen molar-refractivity contribution < 1.29 is 4.79 Å². The molecule has 3 N–H and O–H groups in total. The van der Waals surface area contributed by atoms with Crippen molar-refractivity contribution >= 4 is 28.7 Å². The Hall–Kier alpha value is -1.85. The van der Waals surface area contributed by atoms with Gasteiger partial charge in [0.2, 0.25) is 0 Å². The minimum atomic E-state index is -0.226. The second-order valence-electron chi connectivity index (χ2n) is 4.49. The predicted molar refractivity (Wildman–Crippen MR) is 85.5 cm³/mol. The highest BCUT2D eigenvalue weighted by atomic mass is 32.1. The van der Waals surface area contributed by atoms with Crippen LogP contribution in [0.15, 0.2) is 41.1 Å². The Morgan fingerprint density at radius 1 is 1.15 bits per heavy atom. The third-order valence-electron chi connectivity index (χ3n) is 2.96. The first-order chi connectivity index (χ1) is 9.69. The van der Waals surface area contributed by atoms with Gasteiger partial charge in [-0.2, -0.15) is 11.3 Å². The van der Waals surface area contributed by atoms with Crippen LogP contribution in [0.3, 0.4) is 0 Å². The van der Waals surface area contributed by atoms with Crippen molar-refractivity contribution in [1.29, 1.82) is 0 Å². The van der Waals surface area contributed by atoms with E-state index in [4.69, 9.17) is 0 Å². The zero-order valence-corrected chi connectivity index (χ0v) is 12.5. The van der Waals surface area contributed by atoms with Gasteiger partial charge in [-0.3, -0.25) is 0 Å². The van der Waals surface area contributed by atoms with Gasteiger partial charge in [0.25, 0.3) is 0 Å². The summed E-state index contributed by atoms with van der Waals surface area (Å²) in [6.07, 6.45) is 0. The van der Waals surface area contributed by atoms with E-state index in [1.807, 2.05) is 41.1 Å². The molecule has 0 aliphatic carbocycles. The standard InChI is InChI=1S/C15H19N3OS/c1-3-16-11(2)12-4-6-13(7-5-12)17-15(19)18-14-8-9-20-10-14/h4-11,16H,3H2,1-2H3,(H2,17,18,19). The molecule has 4 nitrogen and oxygen atoms in total. The first-order valence-electron chi connectivity index (χ1n) is 6.62. The number of anilines is 2. The smallest absolute Gasteiger partial charge is 0.310 e. The van der Waals surface area contributed by atoms with Crippen LogP contribution in [-0.2, 0) is 0 Å². The molecule has 0 saturated carbocycles. The molecule has 0 saturated heterocycles. The van der Waals surface area contributed by atoms with Crippen molar-refractivity contribution in [2.24, 2.45) is 0 Å². The highest BCUT2D eigenvalue weighted by Crippen LogP contribution is 2.17. The van der Waals surface area contributed by atoms with Gasteiger partial charge in [-0.25, -0.2) is 4.79 Å². The fourth-order valence-electron chi connectivity index (χ4n) is 1.91. The zero-order valence-electron chi connectivity index (χ0n) is 11.6. The topological polar surface area (TPSA) is 53.2 Å². The molecule has 0 radical (unpaired) electrons. The third kappa shape index (κ3) is 4.08. The summed E-state index contributed by atoms with van der Waals surface area (Å²) in [4.78, 5) is 11.8. The van der Waals surface area contributed by atoms with Gasteiger partial charge in [-0.15, -0.1) is 0 Å². The van der Waals surface area contributed by atoms with E-state index in [2.05, 4.69) is 29.8 Å². The molecule has 2 aromatic rings. The molecule has 0 spiro atoms. The van der Waals surface area contributed by atoms with Gasteiger partial charge < -0.3 is 16.0 Å². The molecule has 20 heavy (non-hydrogen) atoms. The van der Waals surface area contributed by atoms with Crippen LogP contribution in [0, 0.1) is 0 Å². The Bertz CT molecular complexity index is 537. The van der Waals surface area contributed by atoms with Crippen molar-refractivity contribution in [3.63, 3.8) is 0 Å². The number of carbonyl (C=O) groups is 1. The summed E-state index contributed by atoms with van der Waals surface area (Å²) in [6, 6.07) is 9.82. The number of urea groups is 1. The number of amides is 2. The maximum atomic E-state index is 11.8. The zero-order chi connectivity index (χ0) is 14.4. The Balaban J connectivity index is 1.91. The normalized spacial score (nSPS) is 11.9. The van der Waals surface area contributed by atoms with Crippen LogP contribution in [0.1, 0.15) is 25.5 Å². The lowest BCUT2D eigenvalue weighted by atomic mass is 10.1. The molecule has 0 bridgehead atoms. The van der Waals surface area contributed by atoms with Gasteiger partial charge in [-0.1, -0.05) is 19.1 Å². The molecule has 2 amide bonds. The summed E-state index contributed by atoms with van der Waals surface area (Å²) in [5, 5.41) is 12.8. The van der Waals surface area contributed by atoms with E-state index in [0.717, 1.165) is 17.9 Å². The Morgan fingerprint density at radius 3 is 2.45 bits per heavy atom. The largest absolute Gasteiger partial charge is 0.323 e. The Labute approximate surface area is 123 Å². The average molecular weight is 289 g/mol. The summed E-state index contributed by atoms with van der Waals surface area (Å²) >= 11 is 1.55. The van der Waals surface area contributed by atoms with Gasteiger partial charge in [0, 0.05) is 17.1 Å². The lowest BCUT2D eigenvalue weighted by Crippen LogP contribution is -2.19. The number of hydrogen-bond acceptors (Lipinski definition) is 3. The van der Waals surface area contributed by atoms with Crippen LogP contribution in [-0.4, -0.2) is 12.6 Å². The van der Waals surface area contributed by atoms with Gasteiger partial charge in [0.1, 0.15) is 0 Å². The van der Waals surface area contributed by atoms with E-state index in [1.54, 1.807) is 11.3 Å². The monoisotopic (exact) mass is 289 g/mol. The molecule has 5 heteroatoms. The molecule has 1 unspecified atom stereocenters. The van der Waals surface area contributed by atoms with Crippen LogP contribution in [0.25, 0.3) is 0 Å². The van der Waals surface area contributed by atoms with E-state index in [-0.39, 0.29) is 6.03 Å². The second-order valence-corrected chi connectivity index (χ2v) is 5.27. The quantitative estimate of drug-likeness (QED) is 0.777. The van der Waals surface area contributed by atoms with Crippen LogP contribution in [0.2, 0.25) is 0 Å². The minimum absolute atomic E-state index is 0.226. The number of rotatable bonds is 5. The predicted octanol–water partition coefficient (Wildman–Crippen LogP) is 4.06. The highest BCUT2D eigenvalue weighted by molar-refractivity contribution is 7.08. The first-order valence-corrected chi connectivity index (χ1v) is 7.57. The average Bonchev–Trinajstić information content (AvgIpc) is 2.92. The molecular weight excluding hydrogens is 270 g/mol. The van der Waals surface area contributed by atoms with Crippen molar-refractivity contribution in [3.05, 3.63) is 46.7 Å². The molecular formula is C15H19N3OS. The van der Waals surface area contributed by atoms with E-state index in [0.29, 0.717) is 6.04 Å². The minimum Gasteiger partial charge on any atom is -0.310 e. The SMILES string of the molecule is CCNC(C)c1ccc(NC(=O)Nc2ccsc2)cc1. The molecule has 0 fully saturated rings. The van der Waals surface area contributed by atoms with Crippen molar-refractivity contribution in [1.82, 2.24) is 5.32 Å². The lowest BCUT2D eigenvalue weighted by molar-refractivity contribution is 0.262. The number of benzene rings is 1. The molecule has 1 heterocycles. The van der Waals surface area contributed by atoms with Gasteiger partial charge in [-0.05, 0) is 42.6 Å². The van der Waals surface area contributed by atoms with Gasteiger partial charge in [0.15, 0.2) is 0 Å². The van der Waals surface area contributed by atoms with Crippen molar-refractivity contribution in [2.45, 2.75) is 19.9 Å². The Kier molecular flexibility index (Phi) is 5.15. The highest BCUT2D eigenvalue weighted by Gasteiger charge is 2.05. The maximum Gasteiger partial charge on any atom is 0.323 e. The fourth-order valence-corrected chi connectivity index (χ4v) is 2.50. The summed E-state index contributed by atoms with van der Waals surface area (Å²) in [7, 11) is 0. The lowest BCUT2D eigenvalue weighted by Gasteiger charge is -2.13. The second kappa shape index (κ2) is 7.07. The molecule has 1 atom stereocenters. The number of thiophene rings is 1. The molecule has 0 aliphatic heterocycles. The Morgan fingerprint density at radius 2 is 1.85 bits per heavy atom. The maximum absolute atomic E-state index is 11.8. The van der Waals surface area contributed by atoms with E-state index in [1.165, 1.54) is 5.56 Å². The van der Waals surface area contributed by atoms with E-state index < -0.39 is 0 Å². The molecule has 106 valence electrons. The van der Waals surface area contributed by atoms with E-state index in [9.17, 15) is 4.79 Å². The first kappa shape index (κ1) is 14.6. The summed E-state index contributed by atoms with van der Waals surface area (Å²) < 4.78 is 0. The fraction of sp³-hybridized carbons (Fsp3) is 0.267. The van der Waals surface area contributed by atoms with Crippen LogP contribution in [0.4, 0.5) is 16.2 Å². The number of nitrogens with one attached hydrogen (secondary N) is 3. The summed E-state index contributed by atoms with van der Waals surface area (Å²) in [5.41, 5.74) is 2.80. The molecule has 1 aromatic heterocycles. The molecule has 2 rings (SSSR count). The van der Waals surface area contributed by atoms with Crippen LogP contribution < -0.4 is 16.0 Å². The van der Waals surface area contributed by atoms with Crippen molar-refractivity contribution in [3.8, 4) is 0 Å². The molecule has 0 aliphatic rings. The summed E-state index contributed by atoms with van der Waals surface area (Å²) in [6.45, 7) is 5.14. The van der Waals surface area contributed by atoms with Crippen LogP contribution >= 0.6 is 11.3 Å². The summed E-state index contributed by atoms with van der Waals surface area (Å²) in [5.74, 6) is 0. The number of hydrogen-bond donors (Lipinski definition) is 3. The van der Waals surface area contributed by atoms with E-state index >= 15 is 0 Å². The third-order valence-corrected chi connectivity index (χ3v) is 3.64. The van der Waals surface area contributed by atoms with Gasteiger partial charge >= 0.3 is 6.03 Å².